The highest BCUT2D eigenvalue weighted by Gasteiger charge is 2.59. The highest BCUT2D eigenvalue weighted by Crippen LogP contribution is 2.53. The normalized spacial score (nSPS) is 21.9. The number of pyridine rings is 1. The van der Waals surface area contributed by atoms with Gasteiger partial charge in [-0.3, -0.25) is 24.5 Å². The second-order valence-corrected chi connectivity index (χ2v) is 12.1. The van der Waals surface area contributed by atoms with E-state index in [4.69, 9.17) is 5.73 Å². The molecule has 1 aromatic carbocycles. The first-order valence-electron chi connectivity index (χ1n) is 12.6. The van der Waals surface area contributed by atoms with Crippen molar-refractivity contribution in [2.45, 2.75) is 70.4 Å². The predicted octanol–water partition coefficient (Wildman–Crippen LogP) is 5.57. The summed E-state index contributed by atoms with van der Waals surface area (Å²) in [7, 11) is 0. The summed E-state index contributed by atoms with van der Waals surface area (Å²) in [5.74, 6) is -0.978. The molecule has 4 rings (SSSR count). The van der Waals surface area contributed by atoms with Crippen LogP contribution in [0.25, 0.3) is 0 Å². The number of halogens is 1. The Kier molecular flexibility index (Phi) is 7.51. The quantitative estimate of drug-likeness (QED) is 0.422. The molecule has 1 aliphatic rings. The van der Waals surface area contributed by atoms with E-state index in [1.54, 1.807) is 29.7 Å². The Morgan fingerprint density at radius 2 is 1.84 bits per heavy atom. The van der Waals surface area contributed by atoms with Gasteiger partial charge in [-0.15, -0.1) is 0 Å². The molecule has 0 aliphatic carbocycles. The number of aromatic nitrogens is 3. The van der Waals surface area contributed by atoms with Crippen LogP contribution in [0.3, 0.4) is 0 Å². The Labute approximate surface area is 227 Å². The van der Waals surface area contributed by atoms with E-state index in [9.17, 15) is 9.59 Å². The Morgan fingerprint density at radius 1 is 1.11 bits per heavy atom. The maximum atomic E-state index is 14.5. The van der Waals surface area contributed by atoms with E-state index < -0.39 is 17.5 Å². The van der Waals surface area contributed by atoms with Crippen molar-refractivity contribution in [1.82, 2.24) is 19.9 Å². The molecular formula is C29H34BrN5O2. The summed E-state index contributed by atoms with van der Waals surface area (Å²) in [4.78, 5) is 43.0. The van der Waals surface area contributed by atoms with Gasteiger partial charge in [0.25, 0.3) is 5.91 Å². The zero-order valence-corrected chi connectivity index (χ0v) is 23.6. The molecule has 0 saturated carbocycles. The summed E-state index contributed by atoms with van der Waals surface area (Å²) < 4.78 is 0.846. The van der Waals surface area contributed by atoms with Crippen molar-refractivity contribution in [1.29, 1.82) is 0 Å². The molecule has 2 N–H and O–H groups in total. The van der Waals surface area contributed by atoms with Gasteiger partial charge >= 0.3 is 0 Å². The van der Waals surface area contributed by atoms with Crippen LogP contribution in [0, 0.1) is 5.92 Å². The second kappa shape index (κ2) is 10.3. The van der Waals surface area contributed by atoms with Gasteiger partial charge in [0.2, 0.25) is 5.91 Å². The molecule has 0 bridgehead atoms. The van der Waals surface area contributed by atoms with E-state index in [2.05, 4.69) is 51.7 Å². The number of carbonyl (C=O) groups excluding carboxylic acids is 2. The smallest absolute Gasteiger partial charge is 0.255 e. The Bertz CT molecular complexity index is 1280. The first-order chi connectivity index (χ1) is 17.5. The summed E-state index contributed by atoms with van der Waals surface area (Å²) in [6.45, 7) is 10.4. The van der Waals surface area contributed by atoms with Gasteiger partial charge in [-0.1, -0.05) is 62.7 Å². The first-order valence-corrected chi connectivity index (χ1v) is 13.4. The van der Waals surface area contributed by atoms with Crippen molar-refractivity contribution in [3.8, 4) is 0 Å². The van der Waals surface area contributed by atoms with Crippen LogP contribution in [0.5, 0.6) is 0 Å². The molecule has 2 aromatic heterocycles. The van der Waals surface area contributed by atoms with Crippen molar-refractivity contribution in [2.75, 3.05) is 0 Å². The molecule has 7 nitrogen and oxygen atoms in total. The predicted molar refractivity (Wildman–Crippen MR) is 147 cm³/mol. The molecule has 37 heavy (non-hydrogen) atoms. The van der Waals surface area contributed by atoms with E-state index in [1.807, 2.05) is 50.2 Å². The summed E-state index contributed by atoms with van der Waals surface area (Å²) in [6, 6.07) is 10.7. The van der Waals surface area contributed by atoms with Gasteiger partial charge < -0.3 is 10.6 Å². The van der Waals surface area contributed by atoms with E-state index >= 15 is 0 Å². The van der Waals surface area contributed by atoms with Crippen LogP contribution in [-0.4, -0.2) is 37.2 Å². The molecule has 194 valence electrons. The number of rotatable bonds is 6. The minimum Gasteiger partial charge on any atom is -0.368 e. The lowest BCUT2D eigenvalue weighted by Gasteiger charge is -2.40. The van der Waals surface area contributed by atoms with Gasteiger partial charge in [0, 0.05) is 40.7 Å². The standard InChI is InChI=1S/C29H34BrN5O2/c1-18(2)15-29(27(31)37)16-20(24-17-32-12-13-34-24)25(23-8-6-7-11-33-23)35(29)26(36)19-9-10-21(22(30)14-19)28(3,4)5/h6-14,17-18,20,25H,15-16H2,1-5H3,(H2,31,37)/t20-,25-,29+/m1/s1. The summed E-state index contributed by atoms with van der Waals surface area (Å²) in [5, 5.41) is 0. The number of amides is 2. The lowest BCUT2D eigenvalue weighted by molar-refractivity contribution is -0.129. The van der Waals surface area contributed by atoms with Crippen LogP contribution in [0.4, 0.5) is 0 Å². The Hall–Kier alpha value is -3.13. The third-order valence-electron chi connectivity index (χ3n) is 7.08. The number of primary amides is 1. The van der Waals surface area contributed by atoms with Crippen LogP contribution < -0.4 is 5.73 Å². The lowest BCUT2D eigenvalue weighted by atomic mass is 9.82. The molecular weight excluding hydrogens is 530 g/mol. The first kappa shape index (κ1) is 26.9. The second-order valence-electron chi connectivity index (χ2n) is 11.3. The van der Waals surface area contributed by atoms with Crippen molar-refractivity contribution >= 4 is 27.7 Å². The molecule has 1 saturated heterocycles. The zero-order valence-electron chi connectivity index (χ0n) is 22.0. The highest BCUT2D eigenvalue weighted by atomic mass is 79.9. The van der Waals surface area contributed by atoms with Crippen molar-refractivity contribution < 1.29 is 9.59 Å². The number of nitrogens with zero attached hydrogens (tertiary/aromatic N) is 4. The number of nitrogens with two attached hydrogens (primary N) is 1. The third kappa shape index (κ3) is 5.17. The van der Waals surface area contributed by atoms with Crippen LogP contribution in [0.15, 0.2) is 65.7 Å². The van der Waals surface area contributed by atoms with Crippen LogP contribution >= 0.6 is 15.9 Å². The third-order valence-corrected chi connectivity index (χ3v) is 7.74. The van der Waals surface area contributed by atoms with E-state index in [0.29, 0.717) is 29.8 Å². The van der Waals surface area contributed by atoms with Crippen LogP contribution in [0.2, 0.25) is 0 Å². The molecule has 1 fully saturated rings. The van der Waals surface area contributed by atoms with E-state index in [0.717, 1.165) is 10.0 Å². The minimum absolute atomic E-state index is 0.101. The van der Waals surface area contributed by atoms with Gasteiger partial charge in [0.05, 0.1) is 17.4 Å². The van der Waals surface area contributed by atoms with E-state index in [1.165, 1.54) is 0 Å². The topological polar surface area (TPSA) is 102 Å². The zero-order chi connectivity index (χ0) is 27.0. The number of benzene rings is 1. The molecule has 1 aliphatic heterocycles. The maximum Gasteiger partial charge on any atom is 0.255 e. The molecule has 0 unspecified atom stereocenters. The molecule has 3 atom stereocenters. The average Bonchev–Trinajstić information content (AvgIpc) is 3.19. The summed E-state index contributed by atoms with van der Waals surface area (Å²) in [5.41, 5.74) is 7.82. The van der Waals surface area contributed by atoms with Crippen molar-refractivity contribution in [3.63, 3.8) is 0 Å². The van der Waals surface area contributed by atoms with E-state index in [-0.39, 0.29) is 23.2 Å². The summed E-state index contributed by atoms with van der Waals surface area (Å²) in [6.07, 6.45) is 7.41. The fourth-order valence-electron chi connectivity index (χ4n) is 5.57. The van der Waals surface area contributed by atoms with Crippen LogP contribution in [-0.2, 0) is 10.2 Å². The van der Waals surface area contributed by atoms with Crippen molar-refractivity contribution in [3.05, 3.63) is 88.2 Å². The number of likely N-dealkylation sites (tertiary alicyclic amines) is 1. The van der Waals surface area contributed by atoms with Gasteiger partial charge in [-0.05, 0) is 54.0 Å². The average molecular weight is 565 g/mol. The molecule has 8 heteroatoms. The Balaban J connectivity index is 1.94. The van der Waals surface area contributed by atoms with Gasteiger partial charge in [0.15, 0.2) is 0 Å². The fourth-order valence-corrected chi connectivity index (χ4v) is 6.54. The highest BCUT2D eigenvalue weighted by molar-refractivity contribution is 9.10. The van der Waals surface area contributed by atoms with Gasteiger partial charge in [-0.2, -0.15) is 0 Å². The van der Waals surface area contributed by atoms with Gasteiger partial charge in [0.1, 0.15) is 5.54 Å². The number of hydrogen-bond donors (Lipinski definition) is 1. The largest absolute Gasteiger partial charge is 0.368 e. The molecule has 3 aromatic rings. The lowest BCUT2D eigenvalue weighted by Crippen LogP contribution is -2.57. The van der Waals surface area contributed by atoms with Crippen molar-refractivity contribution in [2.24, 2.45) is 11.7 Å². The molecule has 2 amide bonds. The number of hydrogen-bond acceptors (Lipinski definition) is 5. The monoisotopic (exact) mass is 563 g/mol. The number of carbonyl (C=O) groups is 2. The van der Waals surface area contributed by atoms with Crippen LogP contribution in [0.1, 0.15) is 86.7 Å². The Morgan fingerprint density at radius 3 is 2.38 bits per heavy atom. The fraction of sp³-hybridized carbons (Fsp3) is 0.414. The van der Waals surface area contributed by atoms with Gasteiger partial charge in [-0.25, -0.2) is 0 Å². The summed E-state index contributed by atoms with van der Waals surface area (Å²) >= 11 is 3.67. The molecule has 0 spiro atoms. The SMILES string of the molecule is CC(C)C[C@@]1(C(N)=O)C[C@H](c2cnccn2)[C@H](c2ccccn2)N1C(=O)c1ccc(C(C)(C)C)c(Br)c1. The molecule has 0 radical (unpaired) electrons. The molecule has 3 heterocycles. The minimum atomic E-state index is -1.22. The maximum absolute atomic E-state index is 14.5.